The van der Waals surface area contributed by atoms with E-state index in [4.69, 9.17) is 9.47 Å². The zero-order valence-electron chi connectivity index (χ0n) is 17.4. The van der Waals surface area contributed by atoms with Crippen LogP contribution in [0.2, 0.25) is 0 Å². The Bertz CT molecular complexity index is 668. The fourth-order valence-electron chi connectivity index (χ4n) is 2.19. The summed E-state index contributed by atoms with van der Waals surface area (Å²) < 4.78 is 72.7. The van der Waals surface area contributed by atoms with Gasteiger partial charge in [-0.1, -0.05) is 31.0 Å². The van der Waals surface area contributed by atoms with Crippen molar-refractivity contribution in [2.24, 2.45) is 5.92 Å². The Morgan fingerprint density at radius 3 is 1.90 bits per heavy atom. The van der Waals surface area contributed by atoms with Crippen molar-refractivity contribution in [2.45, 2.75) is 57.1 Å². The van der Waals surface area contributed by atoms with E-state index in [2.05, 4.69) is 11.6 Å². The molecule has 0 saturated carbocycles. The molecule has 0 aromatic carbocycles. The predicted octanol–water partition coefficient (Wildman–Crippen LogP) is 8.57. The zero-order chi connectivity index (χ0) is 24.2. The molecule has 0 aliphatic rings. The fraction of sp³-hybridized carbons (Fsp3) is 0.706. The second kappa shape index (κ2) is 12.6. The molecule has 184 valence electrons. The quantitative estimate of drug-likeness (QED) is 0.0509. The van der Waals surface area contributed by atoms with Gasteiger partial charge in [-0.15, -0.1) is 0 Å². The average Bonchev–Trinajstić information content (AvgIpc) is 3.00. The van der Waals surface area contributed by atoms with Gasteiger partial charge in [-0.25, -0.2) is 0 Å². The van der Waals surface area contributed by atoms with Gasteiger partial charge >= 0.3 is 44.9 Å². The Morgan fingerprint density at radius 1 is 1.00 bits per heavy atom. The van der Waals surface area contributed by atoms with Crippen molar-refractivity contribution >= 4 is 54.2 Å². The van der Waals surface area contributed by atoms with Crippen LogP contribution in [0.5, 0.6) is 0 Å². The molecule has 1 aromatic heterocycles. The van der Waals surface area contributed by atoms with Gasteiger partial charge < -0.3 is 9.47 Å². The van der Waals surface area contributed by atoms with Crippen LogP contribution in [0.1, 0.15) is 50.8 Å². The van der Waals surface area contributed by atoms with Crippen LogP contribution < -0.4 is 0 Å². The second-order valence-electron chi connectivity index (χ2n) is 6.24. The topological polar surface area (TPSA) is 52.6 Å². The van der Waals surface area contributed by atoms with Gasteiger partial charge in [0, 0.05) is 5.75 Å². The number of rotatable bonds is 12. The maximum absolute atomic E-state index is 11.9. The van der Waals surface area contributed by atoms with Crippen molar-refractivity contribution in [1.29, 1.82) is 0 Å². The third-order valence-electron chi connectivity index (χ3n) is 3.43. The van der Waals surface area contributed by atoms with E-state index in [1.165, 1.54) is 9.09 Å². The molecular formula is C17H27F6O4PS3. The molecule has 0 N–H and O–H groups in total. The zero-order valence-corrected chi connectivity index (χ0v) is 20.7. The van der Waals surface area contributed by atoms with Gasteiger partial charge in [0.15, 0.2) is 15.0 Å². The molecule has 0 saturated heterocycles. The maximum atomic E-state index is 11.9. The van der Waals surface area contributed by atoms with Gasteiger partial charge in [-0.3, -0.25) is 9.59 Å². The first-order valence-electron chi connectivity index (χ1n) is 9.43. The predicted molar refractivity (Wildman–Crippen MR) is 115 cm³/mol. The Hall–Kier alpha value is -0.650. The summed E-state index contributed by atoms with van der Waals surface area (Å²) in [5.74, 6) is -0.566. The van der Waals surface area contributed by atoms with Gasteiger partial charge in [0.1, 0.15) is 0 Å². The summed E-state index contributed by atoms with van der Waals surface area (Å²) in [6, 6.07) is 0. The Balaban J connectivity index is 0.00000110. The van der Waals surface area contributed by atoms with E-state index < -0.39 is 25.7 Å². The molecule has 1 aromatic rings. The molecule has 0 radical (unpaired) electrons. The number of hydrogen-bond donors (Lipinski definition) is 0. The summed E-state index contributed by atoms with van der Waals surface area (Å²) in [5, 5.41) is 0. The SMILES string of the molecule is CCOC(=O)C(CCCCCCSc1[s+]csc1C)C(=O)OCC.F[P-](F)(F)(F)(F)F. The molecule has 1 rings (SSSR count). The first kappa shape index (κ1) is 30.4. The number of carbonyl (C=O) groups excluding carboxylic acids is 2. The van der Waals surface area contributed by atoms with Gasteiger partial charge in [0.25, 0.3) is 0 Å². The van der Waals surface area contributed by atoms with Crippen LogP contribution in [0.4, 0.5) is 25.2 Å². The normalized spacial score (nSPS) is 13.6. The monoisotopic (exact) mass is 536 g/mol. The van der Waals surface area contributed by atoms with Crippen molar-refractivity contribution in [2.75, 3.05) is 19.0 Å². The standard InChI is InChI=1S/C17H27O4S3.F6P/c1-4-20-15(18)14(16(19)21-5-2)10-8-6-7-9-11-22-17-13(3)23-12-24-17;1-7(2,3,4,5)6/h12,14H,4-11H2,1-3H3;/q+1;-1. The molecule has 0 spiro atoms. The third-order valence-corrected chi connectivity index (χ3v) is 7.24. The average molecular weight is 537 g/mol. The Morgan fingerprint density at radius 2 is 1.48 bits per heavy atom. The number of ether oxygens (including phenoxy) is 2. The van der Waals surface area contributed by atoms with Crippen molar-refractivity contribution < 1.29 is 44.2 Å². The molecule has 31 heavy (non-hydrogen) atoms. The summed E-state index contributed by atoms with van der Waals surface area (Å²) in [7, 11) is -10.7. The number of esters is 2. The first-order chi connectivity index (χ1) is 14.0. The van der Waals surface area contributed by atoms with Crippen LogP contribution in [-0.4, -0.2) is 30.9 Å². The molecule has 1 heterocycles. The second-order valence-corrected chi connectivity index (χ2v) is 11.8. The van der Waals surface area contributed by atoms with E-state index >= 15 is 0 Å². The summed E-state index contributed by atoms with van der Waals surface area (Å²) in [6.45, 7) is 6.22. The van der Waals surface area contributed by atoms with Crippen molar-refractivity contribution in [1.82, 2.24) is 0 Å². The number of carbonyl (C=O) groups is 2. The first-order valence-corrected chi connectivity index (χ1v) is 14.2. The molecule has 0 atom stereocenters. The van der Waals surface area contributed by atoms with Crippen LogP contribution >= 0.6 is 42.2 Å². The summed E-state index contributed by atoms with van der Waals surface area (Å²) in [6.07, 6.45) is 4.63. The molecule has 0 fully saturated rings. The summed E-state index contributed by atoms with van der Waals surface area (Å²) in [4.78, 5) is 25.1. The number of halogens is 6. The molecule has 0 aliphatic heterocycles. The van der Waals surface area contributed by atoms with Gasteiger partial charge in [-0.2, -0.15) is 0 Å². The molecule has 0 amide bonds. The summed E-state index contributed by atoms with van der Waals surface area (Å²) in [5.41, 5.74) is 0. The van der Waals surface area contributed by atoms with Crippen LogP contribution in [0.3, 0.4) is 0 Å². The molecule has 0 unspecified atom stereocenters. The molecular weight excluding hydrogens is 509 g/mol. The van der Waals surface area contributed by atoms with Gasteiger partial charge in [0.05, 0.1) is 35.9 Å². The van der Waals surface area contributed by atoms with Crippen LogP contribution in [0.15, 0.2) is 8.90 Å². The van der Waals surface area contributed by atoms with Gasteiger partial charge in [-0.05, 0) is 33.6 Å². The third kappa shape index (κ3) is 19.7. The van der Waals surface area contributed by atoms with E-state index in [-0.39, 0.29) is 13.2 Å². The molecule has 0 aliphatic carbocycles. The number of thioether (sulfide) groups is 1. The van der Waals surface area contributed by atoms with Crippen LogP contribution in [-0.2, 0) is 19.1 Å². The fourth-order valence-corrected chi connectivity index (χ4v) is 5.80. The van der Waals surface area contributed by atoms with E-state index in [0.717, 1.165) is 31.4 Å². The van der Waals surface area contributed by atoms with Crippen molar-refractivity contribution in [3.05, 3.63) is 9.57 Å². The van der Waals surface area contributed by atoms with E-state index in [0.29, 0.717) is 6.42 Å². The van der Waals surface area contributed by atoms with E-state index in [1.54, 1.807) is 25.2 Å². The molecule has 4 nitrogen and oxygen atoms in total. The molecule has 0 bridgehead atoms. The minimum atomic E-state index is -10.7. The Kier molecular flexibility index (Phi) is 12.3. The minimum absolute atomic E-state index is 0.287. The van der Waals surface area contributed by atoms with Crippen LogP contribution in [0.25, 0.3) is 0 Å². The Labute approximate surface area is 189 Å². The van der Waals surface area contributed by atoms with Gasteiger partial charge in [0.2, 0.25) is 4.69 Å². The van der Waals surface area contributed by atoms with E-state index in [1.807, 2.05) is 23.1 Å². The molecule has 14 heteroatoms. The summed E-state index contributed by atoms with van der Waals surface area (Å²) >= 11 is 5.54. The van der Waals surface area contributed by atoms with Crippen LogP contribution in [0, 0.1) is 12.8 Å². The number of aryl methyl sites for hydroxylation is 1. The number of hydrogen-bond acceptors (Lipinski definition) is 6. The number of unbranched alkanes of at least 4 members (excludes halogenated alkanes) is 3. The van der Waals surface area contributed by atoms with Crippen molar-refractivity contribution in [3.8, 4) is 0 Å². The van der Waals surface area contributed by atoms with E-state index in [9.17, 15) is 34.8 Å². The van der Waals surface area contributed by atoms with Crippen molar-refractivity contribution in [3.63, 3.8) is 0 Å².